The summed E-state index contributed by atoms with van der Waals surface area (Å²) in [5, 5.41) is 5.99. The molecular formula is C19H30N4O2. The second kappa shape index (κ2) is 9.75. The maximum absolute atomic E-state index is 11.9. The molecular weight excluding hydrogens is 316 g/mol. The Bertz CT molecular complexity index is 519. The normalized spacial score (nSPS) is 22.0. The molecule has 0 bridgehead atoms. The van der Waals surface area contributed by atoms with Gasteiger partial charge < -0.3 is 15.4 Å². The van der Waals surface area contributed by atoms with Crippen molar-refractivity contribution >= 4 is 6.03 Å². The van der Waals surface area contributed by atoms with E-state index in [2.05, 4.69) is 50.8 Å². The van der Waals surface area contributed by atoms with E-state index >= 15 is 0 Å². The van der Waals surface area contributed by atoms with Crippen LogP contribution in [-0.2, 0) is 11.3 Å². The highest BCUT2D eigenvalue weighted by atomic mass is 16.5. The molecule has 0 radical (unpaired) electrons. The summed E-state index contributed by atoms with van der Waals surface area (Å²) < 4.78 is 5.32. The minimum atomic E-state index is -0.0465. The van der Waals surface area contributed by atoms with E-state index < -0.39 is 0 Å². The van der Waals surface area contributed by atoms with Gasteiger partial charge in [0.05, 0.1) is 13.2 Å². The van der Waals surface area contributed by atoms with Gasteiger partial charge in [-0.25, -0.2) is 4.79 Å². The number of rotatable bonds is 7. The van der Waals surface area contributed by atoms with Gasteiger partial charge in [0.25, 0.3) is 0 Å². The molecule has 2 amide bonds. The summed E-state index contributed by atoms with van der Waals surface area (Å²) in [5.41, 5.74) is 1.36. The zero-order valence-corrected chi connectivity index (χ0v) is 15.0. The van der Waals surface area contributed by atoms with Crippen LogP contribution in [0.4, 0.5) is 4.79 Å². The van der Waals surface area contributed by atoms with Crippen LogP contribution in [0, 0.1) is 5.92 Å². The van der Waals surface area contributed by atoms with E-state index in [9.17, 15) is 4.79 Å². The zero-order valence-electron chi connectivity index (χ0n) is 15.0. The van der Waals surface area contributed by atoms with Gasteiger partial charge in [0.15, 0.2) is 0 Å². The number of ether oxygens (including phenoxy) is 1. The number of hydrogen-bond acceptors (Lipinski definition) is 4. The van der Waals surface area contributed by atoms with Gasteiger partial charge in [0.1, 0.15) is 0 Å². The number of hydrogen-bond donors (Lipinski definition) is 2. The average molecular weight is 346 g/mol. The molecule has 0 saturated carbocycles. The lowest BCUT2D eigenvalue weighted by molar-refractivity contribution is 0.0387. The fourth-order valence-electron chi connectivity index (χ4n) is 3.52. The van der Waals surface area contributed by atoms with Crippen molar-refractivity contribution in [3.05, 3.63) is 35.9 Å². The molecule has 2 aliphatic rings. The Kier molecular flexibility index (Phi) is 7.09. The quantitative estimate of drug-likeness (QED) is 0.777. The molecule has 6 heteroatoms. The second-order valence-electron chi connectivity index (χ2n) is 6.97. The Hall–Kier alpha value is -1.63. The Morgan fingerprint density at radius 2 is 1.88 bits per heavy atom. The number of amides is 2. The SMILES string of the molecule is O=C(NCCN1CCOCC1)NC[C@H]1CCN(Cc2ccccc2)C1. The number of morpholine rings is 1. The third kappa shape index (κ3) is 6.30. The van der Waals surface area contributed by atoms with E-state index in [-0.39, 0.29) is 6.03 Å². The number of nitrogens with one attached hydrogen (secondary N) is 2. The van der Waals surface area contributed by atoms with E-state index in [1.54, 1.807) is 0 Å². The van der Waals surface area contributed by atoms with Gasteiger partial charge in [0.2, 0.25) is 0 Å². The summed E-state index contributed by atoms with van der Waals surface area (Å²) in [6.45, 7) is 9.04. The molecule has 138 valence electrons. The number of benzene rings is 1. The van der Waals surface area contributed by atoms with Crippen LogP contribution in [0.2, 0.25) is 0 Å². The Balaban J connectivity index is 1.26. The van der Waals surface area contributed by atoms with Crippen LogP contribution in [0.1, 0.15) is 12.0 Å². The summed E-state index contributed by atoms with van der Waals surface area (Å²) in [6, 6.07) is 10.5. The van der Waals surface area contributed by atoms with E-state index in [1.807, 2.05) is 0 Å². The minimum Gasteiger partial charge on any atom is -0.379 e. The lowest BCUT2D eigenvalue weighted by Gasteiger charge is -2.26. The van der Waals surface area contributed by atoms with Crippen molar-refractivity contribution in [2.24, 2.45) is 5.92 Å². The molecule has 2 aliphatic heterocycles. The largest absolute Gasteiger partial charge is 0.379 e. The van der Waals surface area contributed by atoms with Gasteiger partial charge >= 0.3 is 6.03 Å². The highest BCUT2D eigenvalue weighted by Gasteiger charge is 2.22. The van der Waals surface area contributed by atoms with Gasteiger partial charge in [0, 0.05) is 45.8 Å². The fraction of sp³-hybridized carbons (Fsp3) is 0.632. The lowest BCUT2D eigenvalue weighted by Crippen LogP contribution is -2.44. The van der Waals surface area contributed by atoms with E-state index in [0.717, 1.165) is 65.4 Å². The van der Waals surface area contributed by atoms with Crippen molar-refractivity contribution in [1.29, 1.82) is 0 Å². The molecule has 2 heterocycles. The van der Waals surface area contributed by atoms with Crippen molar-refractivity contribution in [2.45, 2.75) is 13.0 Å². The topological polar surface area (TPSA) is 56.8 Å². The molecule has 0 spiro atoms. The smallest absolute Gasteiger partial charge is 0.314 e. The zero-order chi connectivity index (χ0) is 17.3. The van der Waals surface area contributed by atoms with Gasteiger partial charge in [-0.3, -0.25) is 9.80 Å². The molecule has 2 N–H and O–H groups in total. The lowest BCUT2D eigenvalue weighted by atomic mass is 10.1. The number of nitrogens with zero attached hydrogens (tertiary/aromatic N) is 2. The molecule has 2 fully saturated rings. The second-order valence-corrected chi connectivity index (χ2v) is 6.97. The van der Waals surface area contributed by atoms with Crippen LogP contribution in [-0.4, -0.2) is 74.9 Å². The number of urea groups is 1. The minimum absolute atomic E-state index is 0.0465. The molecule has 0 aliphatic carbocycles. The molecule has 6 nitrogen and oxygen atoms in total. The Morgan fingerprint density at radius 1 is 1.08 bits per heavy atom. The molecule has 1 atom stereocenters. The monoisotopic (exact) mass is 346 g/mol. The molecule has 0 aromatic heterocycles. The highest BCUT2D eigenvalue weighted by molar-refractivity contribution is 5.73. The van der Waals surface area contributed by atoms with Crippen LogP contribution in [0.25, 0.3) is 0 Å². The summed E-state index contributed by atoms with van der Waals surface area (Å²) in [6.07, 6.45) is 1.15. The van der Waals surface area contributed by atoms with E-state index in [1.165, 1.54) is 5.56 Å². The molecule has 2 saturated heterocycles. The van der Waals surface area contributed by atoms with Crippen LogP contribution >= 0.6 is 0 Å². The molecule has 0 unspecified atom stereocenters. The summed E-state index contributed by atoms with van der Waals surface area (Å²) in [5.74, 6) is 0.550. The Labute approximate surface area is 150 Å². The fourth-order valence-corrected chi connectivity index (χ4v) is 3.52. The van der Waals surface area contributed by atoms with Crippen LogP contribution < -0.4 is 10.6 Å². The first-order chi connectivity index (χ1) is 12.3. The predicted molar refractivity (Wildman–Crippen MR) is 98.5 cm³/mol. The maximum atomic E-state index is 11.9. The number of likely N-dealkylation sites (tertiary alicyclic amines) is 1. The Morgan fingerprint density at radius 3 is 2.68 bits per heavy atom. The van der Waals surface area contributed by atoms with Crippen molar-refractivity contribution in [2.75, 3.05) is 59.0 Å². The first kappa shape index (κ1) is 18.2. The van der Waals surface area contributed by atoms with Gasteiger partial charge in [-0.1, -0.05) is 30.3 Å². The van der Waals surface area contributed by atoms with Gasteiger partial charge in [-0.2, -0.15) is 0 Å². The van der Waals surface area contributed by atoms with E-state index in [0.29, 0.717) is 12.5 Å². The van der Waals surface area contributed by atoms with Gasteiger partial charge in [-0.05, 0) is 24.4 Å². The number of carbonyl (C=O) groups excluding carboxylic acids is 1. The third-order valence-corrected chi connectivity index (χ3v) is 4.99. The van der Waals surface area contributed by atoms with Crippen LogP contribution in [0.5, 0.6) is 0 Å². The molecule has 3 rings (SSSR count). The summed E-state index contributed by atoms with van der Waals surface area (Å²) in [4.78, 5) is 16.7. The standard InChI is InChI=1S/C19H30N4O2/c24-19(20-7-9-22-10-12-25-13-11-22)21-14-18-6-8-23(16-18)15-17-4-2-1-3-5-17/h1-5,18H,6-16H2,(H2,20,21,24)/t18-/m1/s1. The first-order valence-corrected chi connectivity index (χ1v) is 9.37. The highest BCUT2D eigenvalue weighted by Crippen LogP contribution is 2.17. The van der Waals surface area contributed by atoms with Crippen molar-refractivity contribution < 1.29 is 9.53 Å². The molecule has 1 aromatic carbocycles. The molecule has 25 heavy (non-hydrogen) atoms. The molecule has 1 aromatic rings. The van der Waals surface area contributed by atoms with Crippen LogP contribution in [0.15, 0.2) is 30.3 Å². The van der Waals surface area contributed by atoms with E-state index in [4.69, 9.17) is 4.74 Å². The predicted octanol–water partition coefficient (Wildman–Crippen LogP) is 1.14. The summed E-state index contributed by atoms with van der Waals surface area (Å²) in [7, 11) is 0. The van der Waals surface area contributed by atoms with Crippen molar-refractivity contribution in [3.63, 3.8) is 0 Å². The van der Waals surface area contributed by atoms with Crippen molar-refractivity contribution in [3.8, 4) is 0 Å². The maximum Gasteiger partial charge on any atom is 0.314 e. The van der Waals surface area contributed by atoms with Gasteiger partial charge in [-0.15, -0.1) is 0 Å². The van der Waals surface area contributed by atoms with Crippen LogP contribution in [0.3, 0.4) is 0 Å². The van der Waals surface area contributed by atoms with Crippen molar-refractivity contribution in [1.82, 2.24) is 20.4 Å². The number of carbonyl (C=O) groups is 1. The average Bonchev–Trinajstić information content (AvgIpc) is 3.09. The first-order valence-electron chi connectivity index (χ1n) is 9.37. The summed E-state index contributed by atoms with van der Waals surface area (Å²) >= 11 is 0. The third-order valence-electron chi connectivity index (χ3n) is 4.99.